The summed E-state index contributed by atoms with van der Waals surface area (Å²) >= 11 is 3.51. The van der Waals surface area contributed by atoms with Crippen LogP contribution in [0.4, 0.5) is 0 Å². The van der Waals surface area contributed by atoms with E-state index < -0.39 is 0 Å². The molecule has 7 heteroatoms. The molecule has 2 N–H and O–H groups in total. The summed E-state index contributed by atoms with van der Waals surface area (Å²) < 4.78 is 12.1. The molecule has 23 heavy (non-hydrogen) atoms. The molecule has 3 rings (SSSR count). The molecule has 1 aromatic rings. The van der Waals surface area contributed by atoms with Crippen LogP contribution in [-0.4, -0.2) is 38.4 Å². The van der Waals surface area contributed by atoms with Gasteiger partial charge in [-0.2, -0.15) is 0 Å². The van der Waals surface area contributed by atoms with Crippen LogP contribution >= 0.6 is 39.9 Å². The third kappa shape index (κ3) is 4.51. The molecule has 2 aliphatic rings. The van der Waals surface area contributed by atoms with E-state index in [0.29, 0.717) is 24.8 Å². The number of fused-ring (bicyclic) bond motifs is 2. The largest absolute Gasteiger partial charge is 0.496 e. The second-order valence-electron chi connectivity index (χ2n) is 5.76. The standard InChI is InChI=1S/C16H22BrN3O2.HI/c1-18-16(20-13-8-11-4-6-15(13)22-11)19-9-10-3-5-14(21-2)12(17)7-10;/h3,5,7,11,13,15H,4,6,8-9H2,1-2H3,(H2,18,19,20);1H. The van der Waals surface area contributed by atoms with Crippen LogP contribution in [0.1, 0.15) is 24.8 Å². The van der Waals surface area contributed by atoms with Gasteiger partial charge in [0.15, 0.2) is 5.96 Å². The average Bonchev–Trinajstić information content (AvgIpc) is 3.14. The summed E-state index contributed by atoms with van der Waals surface area (Å²) in [5.41, 5.74) is 1.17. The Morgan fingerprint density at radius 2 is 2.26 bits per heavy atom. The number of hydrogen-bond donors (Lipinski definition) is 2. The van der Waals surface area contributed by atoms with Gasteiger partial charge in [-0.1, -0.05) is 6.07 Å². The normalized spacial score (nSPS) is 25.9. The molecule has 2 saturated heterocycles. The average molecular weight is 496 g/mol. The molecular formula is C16H23BrIN3O2. The van der Waals surface area contributed by atoms with Crippen LogP contribution in [0.3, 0.4) is 0 Å². The van der Waals surface area contributed by atoms with Crippen molar-refractivity contribution in [3.8, 4) is 5.75 Å². The topological polar surface area (TPSA) is 54.9 Å². The predicted octanol–water partition coefficient (Wildman–Crippen LogP) is 3.06. The second kappa shape index (κ2) is 8.53. The van der Waals surface area contributed by atoms with Crippen molar-refractivity contribution in [2.45, 2.75) is 44.1 Å². The van der Waals surface area contributed by atoms with Crippen molar-refractivity contribution in [3.05, 3.63) is 28.2 Å². The summed E-state index contributed by atoms with van der Waals surface area (Å²) in [7, 11) is 3.47. The highest BCUT2D eigenvalue weighted by atomic mass is 127. The Kier molecular flexibility index (Phi) is 6.97. The molecule has 3 unspecified atom stereocenters. The van der Waals surface area contributed by atoms with Gasteiger partial charge in [0, 0.05) is 13.6 Å². The number of hydrogen-bond acceptors (Lipinski definition) is 3. The van der Waals surface area contributed by atoms with Crippen LogP contribution in [0, 0.1) is 0 Å². The van der Waals surface area contributed by atoms with Crippen LogP contribution in [-0.2, 0) is 11.3 Å². The highest BCUT2D eigenvalue weighted by molar-refractivity contribution is 14.0. The van der Waals surface area contributed by atoms with Gasteiger partial charge in [0.05, 0.1) is 29.8 Å². The molecule has 0 amide bonds. The lowest BCUT2D eigenvalue weighted by Crippen LogP contribution is -2.47. The zero-order valence-electron chi connectivity index (χ0n) is 13.3. The van der Waals surface area contributed by atoms with E-state index >= 15 is 0 Å². The van der Waals surface area contributed by atoms with Gasteiger partial charge in [0.1, 0.15) is 5.75 Å². The summed E-state index contributed by atoms with van der Waals surface area (Å²) in [6, 6.07) is 6.44. The van der Waals surface area contributed by atoms with Gasteiger partial charge in [-0.15, -0.1) is 24.0 Å². The Balaban J connectivity index is 0.00000192. The van der Waals surface area contributed by atoms with Gasteiger partial charge in [-0.3, -0.25) is 4.99 Å². The number of benzene rings is 1. The summed E-state index contributed by atoms with van der Waals surface area (Å²) in [4.78, 5) is 4.31. The lowest BCUT2D eigenvalue weighted by Gasteiger charge is -2.22. The lowest BCUT2D eigenvalue weighted by molar-refractivity contribution is 0.0992. The van der Waals surface area contributed by atoms with Crippen molar-refractivity contribution in [3.63, 3.8) is 0 Å². The highest BCUT2D eigenvalue weighted by Crippen LogP contribution is 2.34. The van der Waals surface area contributed by atoms with Crippen LogP contribution < -0.4 is 15.4 Å². The Labute approximate surface area is 162 Å². The number of nitrogens with zero attached hydrogens (tertiary/aromatic N) is 1. The van der Waals surface area contributed by atoms with Crippen molar-refractivity contribution in [2.24, 2.45) is 4.99 Å². The van der Waals surface area contributed by atoms with Gasteiger partial charge in [-0.25, -0.2) is 0 Å². The van der Waals surface area contributed by atoms with Crippen molar-refractivity contribution in [1.29, 1.82) is 0 Å². The number of rotatable bonds is 4. The fourth-order valence-electron chi connectivity index (χ4n) is 3.17. The first-order valence-corrected chi connectivity index (χ1v) is 8.44. The number of methoxy groups -OCH3 is 1. The summed E-state index contributed by atoms with van der Waals surface area (Å²) in [5.74, 6) is 1.67. The molecule has 128 valence electrons. The molecule has 2 fully saturated rings. The van der Waals surface area contributed by atoms with E-state index in [9.17, 15) is 0 Å². The van der Waals surface area contributed by atoms with Crippen LogP contribution in [0.2, 0.25) is 0 Å². The molecule has 2 heterocycles. The number of aliphatic imine (C=N–C) groups is 1. The Bertz CT molecular complexity index is 570. The Hall–Kier alpha value is -0.540. The molecule has 2 aliphatic heterocycles. The minimum absolute atomic E-state index is 0. The van der Waals surface area contributed by atoms with Crippen molar-refractivity contribution in [1.82, 2.24) is 10.6 Å². The third-order valence-corrected chi connectivity index (χ3v) is 4.95. The quantitative estimate of drug-likeness (QED) is 0.383. The van der Waals surface area contributed by atoms with E-state index in [1.165, 1.54) is 12.0 Å². The molecule has 0 saturated carbocycles. The third-order valence-electron chi connectivity index (χ3n) is 4.33. The Morgan fingerprint density at radius 3 is 2.83 bits per heavy atom. The minimum atomic E-state index is 0. The van der Waals surface area contributed by atoms with Crippen molar-refractivity contribution in [2.75, 3.05) is 14.2 Å². The zero-order chi connectivity index (χ0) is 15.5. The first-order chi connectivity index (χ1) is 10.7. The number of guanidine groups is 1. The van der Waals surface area contributed by atoms with E-state index in [1.54, 1.807) is 14.2 Å². The number of nitrogens with one attached hydrogen (secondary N) is 2. The van der Waals surface area contributed by atoms with E-state index in [-0.39, 0.29) is 24.0 Å². The summed E-state index contributed by atoms with van der Waals surface area (Å²) in [5, 5.41) is 6.84. The fraction of sp³-hybridized carbons (Fsp3) is 0.562. The fourth-order valence-corrected chi connectivity index (χ4v) is 3.75. The number of ether oxygens (including phenoxy) is 2. The maximum atomic E-state index is 5.87. The smallest absolute Gasteiger partial charge is 0.191 e. The van der Waals surface area contributed by atoms with Crippen LogP contribution in [0.5, 0.6) is 5.75 Å². The van der Waals surface area contributed by atoms with Gasteiger partial charge >= 0.3 is 0 Å². The molecule has 0 aliphatic carbocycles. The van der Waals surface area contributed by atoms with Gasteiger partial charge < -0.3 is 20.1 Å². The first-order valence-electron chi connectivity index (χ1n) is 7.64. The maximum absolute atomic E-state index is 5.87. The van der Waals surface area contributed by atoms with E-state index in [4.69, 9.17) is 9.47 Å². The molecular weight excluding hydrogens is 473 g/mol. The molecule has 5 nitrogen and oxygen atoms in total. The molecule has 0 spiro atoms. The predicted molar refractivity (Wildman–Crippen MR) is 106 cm³/mol. The van der Waals surface area contributed by atoms with Crippen LogP contribution in [0.25, 0.3) is 0 Å². The van der Waals surface area contributed by atoms with Crippen molar-refractivity contribution >= 4 is 45.9 Å². The molecule has 0 radical (unpaired) electrons. The minimum Gasteiger partial charge on any atom is -0.496 e. The Morgan fingerprint density at radius 1 is 1.43 bits per heavy atom. The van der Waals surface area contributed by atoms with Crippen LogP contribution in [0.15, 0.2) is 27.7 Å². The first kappa shape index (κ1) is 18.8. The van der Waals surface area contributed by atoms with Gasteiger partial charge in [0.2, 0.25) is 0 Å². The van der Waals surface area contributed by atoms with Gasteiger partial charge in [-0.05, 0) is 52.9 Å². The van der Waals surface area contributed by atoms with E-state index in [1.807, 2.05) is 12.1 Å². The molecule has 3 atom stereocenters. The molecule has 1 aromatic carbocycles. The van der Waals surface area contributed by atoms with Crippen molar-refractivity contribution < 1.29 is 9.47 Å². The molecule has 0 aromatic heterocycles. The SMILES string of the molecule is CN=C(NCc1ccc(OC)c(Br)c1)NC1CC2CCC1O2.I. The summed E-state index contributed by atoms with van der Waals surface area (Å²) in [6.45, 7) is 0.712. The van der Waals surface area contributed by atoms with Gasteiger partial charge in [0.25, 0.3) is 0 Å². The van der Waals surface area contributed by atoms with E-state index in [2.05, 4.69) is 37.6 Å². The maximum Gasteiger partial charge on any atom is 0.191 e. The monoisotopic (exact) mass is 495 g/mol. The summed E-state index contributed by atoms with van der Waals surface area (Å²) in [6.07, 6.45) is 4.23. The lowest BCUT2D eigenvalue weighted by atomic mass is 9.96. The highest BCUT2D eigenvalue weighted by Gasteiger charge is 2.41. The van der Waals surface area contributed by atoms with E-state index in [0.717, 1.165) is 29.0 Å². The number of halogens is 2. The molecule has 2 bridgehead atoms. The zero-order valence-corrected chi connectivity index (χ0v) is 17.3. The second-order valence-corrected chi connectivity index (χ2v) is 6.61.